The fourth-order valence-electron chi connectivity index (χ4n) is 3.65. The van der Waals surface area contributed by atoms with Gasteiger partial charge in [0.15, 0.2) is 6.61 Å². The SMILES string of the molecule is O=C(COC(=O)CN1C(=O)C2CCCCC2C1=O)Nc1ccc(C(F)(F)F)cc1. The molecular formula is C19H19F3N2O5. The zero-order valence-electron chi connectivity index (χ0n) is 15.3. The zero-order chi connectivity index (χ0) is 21.2. The fourth-order valence-corrected chi connectivity index (χ4v) is 3.65. The van der Waals surface area contributed by atoms with E-state index in [9.17, 15) is 32.3 Å². The summed E-state index contributed by atoms with van der Waals surface area (Å²) in [6, 6.07) is 3.77. The molecule has 3 amide bonds. The lowest BCUT2D eigenvalue weighted by Gasteiger charge is -2.19. The first-order valence-corrected chi connectivity index (χ1v) is 9.15. The lowest BCUT2D eigenvalue weighted by Crippen LogP contribution is -2.37. The van der Waals surface area contributed by atoms with Gasteiger partial charge in [-0.05, 0) is 37.1 Å². The molecule has 1 aromatic rings. The number of fused-ring (bicyclic) bond motifs is 1. The molecule has 2 atom stereocenters. The van der Waals surface area contributed by atoms with Gasteiger partial charge in [0, 0.05) is 5.69 Å². The summed E-state index contributed by atoms with van der Waals surface area (Å²) in [5.41, 5.74) is -0.754. The van der Waals surface area contributed by atoms with Crippen LogP contribution in [0.4, 0.5) is 18.9 Å². The van der Waals surface area contributed by atoms with E-state index in [4.69, 9.17) is 4.74 Å². The van der Waals surface area contributed by atoms with E-state index in [0.29, 0.717) is 12.8 Å². The number of nitrogens with one attached hydrogen (secondary N) is 1. The summed E-state index contributed by atoms with van der Waals surface area (Å²) in [4.78, 5) is 49.2. The van der Waals surface area contributed by atoms with Crippen molar-refractivity contribution in [2.45, 2.75) is 31.9 Å². The molecule has 0 spiro atoms. The minimum Gasteiger partial charge on any atom is -0.454 e. The number of likely N-dealkylation sites (tertiary alicyclic amines) is 1. The minimum atomic E-state index is -4.49. The van der Waals surface area contributed by atoms with E-state index in [0.717, 1.165) is 42.0 Å². The van der Waals surface area contributed by atoms with Crippen LogP contribution in [0, 0.1) is 11.8 Å². The predicted octanol–water partition coefficient (Wildman–Crippen LogP) is 2.36. The van der Waals surface area contributed by atoms with Crippen LogP contribution in [-0.2, 0) is 30.1 Å². The van der Waals surface area contributed by atoms with Crippen LogP contribution in [0.25, 0.3) is 0 Å². The highest BCUT2D eigenvalue weighted by molar-refractivity contribution is 6.07. The van der Waals surface area contributed by atoms with Gasteiger partial charge in [0.25, 0.3) is 5.91 Å². The van der Waals surface area contributed by atoms with Crippen molar-refractivity contribution in [3.05, 3.63) is 29.8 Å². The summed E-state index contributed by atoms with van der Waals surface area (Å²) >= 11 is 0. The molecule has 1 N–H and O–H groups in total. The van der Waals surface area contributed by atoms with Gasteiger partial charge in [0.1, 0.15) is 6.54 Å². The number of hydrogen-bond donors (Lipinski definition) is 1. The maximum Gasteiger partial charge on any atom is 0.416 e. The van der Waals surface area contributed by atoms with Crippen molar-refractivity contribution in [2.75, 3.05) is 18.5 Å². The molecule has 1 heterocycles. The maximum absolute atomic E-state index is 12.5. The number of imide groups is 1. The highest BCUT2D eigenvalue weighted by Gasteiger charge is 2.48. The second kappa shape index (κ2) is 8.22. The molecule has 156 valence electrons. The van der Waals surface area contributed by atoms with Crippen LogP contribution in [0.3, 0.4) is 0 Å². The molecule has 2 aliphatic rings. The molecule has 0 aromatic heterocycles. The molecule has 29 heavy (non-hydrogen) atoms. The first kappa shape index (κ1) is 20.8. The average Bonchev–Trinajstić information content (AvgIpc) is 2.91. The van der Waals surface area contributed by atoms with Crippen molar-refractivity contribution < 1.29 is 37.1 Å². The van der Waals surface area contributed by atoms with Crippen LogP contribution in [-0.4, -0.2) is 41.7 Å². The number of anilines is 1. The number of nitrogens with zero attached hydrogens (tertiary/aromatic N) is 1. The van der Waals surface area contributed by atoms with Crippen LogP contribution in [0.15, 0.2) is 24.3 Å². The smallest absolute Gasteiger partial charge is 0.416 e. The summed E-state index contributed by atoms with van der Waals surface area (Å²) in [6.07, 6.45) is -1.52. The van der Waals surface area contributed by atoms with Gasteiger partial charge in [0.05, 0.1) is 17.4 Å². The number of halogens is 3. The fraction of sp³-hybridized carbons (Fsp3) is 0.474. The lowest BCUT2D eigenvalue weighted by atomic mass is 9.81. The van der Waals surface area contributed by atoms with Crippen molar-refractivity contribution in [3.63, 3.8) is 0 Å². The molecule has 7 nitrogen and oxygen atoms in total. The molecule has 0 radical (unpaired) electrons. The normalized spacial score (nSPS) is 21.7. The number of ether oxygens (including phenoxy) is 1. The predicted molar refractivity (Wildman–Crippen MR) is 93.2 cm³/mol. The van der Waals surface area contributed by atoms with Crippen molar-refractivity contribution in [2.24, 2.45) is 11.8 Å². The number of amides is 3. The third-order valence-electron chi connectivity index (χ3n) is 5.08. The van der Waals surface area contributed by atoms with Gasteiger partial charge in [-0.3, -0.25) is 24.1 Å². The van der Waals surface area contributed by atoms with Gasteiger partial charge in [-0.1, -0.05) is 12.8 Å². The van der Waals surface area contributed by atoms with Crippen molar-refractivity contribution in [3.8, 4) is 0 Å². The molecule has 1 aromatic carbocycles. The number of carbonyl (C=O) groups is 4. The Bertz CT molecular complexity index is 798. The summed E-state index contributed by atoms with van der Waals surface area (Å²) in [5.74, 6) is -3.20. The zero-order valence-corrected chi connectivity index (χ0v) is 15.3. The molecule has 0 bridgehead atoms. The van der Waals surface area contributed by atoms with Gasteiger partial charge < -0.3 is 10.1 Å². The lowest BCUT2D eigenvalue weighted by molar-refractivity contribution is -0.154. The van der Waals surface area contributed by atoms with E-state index < -0.39 is 36.8 Å². The molecule has 1 aliphatic heterocycles. The van der Waals surface area contributed by atoms with Gasteiger partial charge in [0.2, 0.25) is 11.8 Å². The third kappa shape index (κ3) is 4.75. The van der Waals surface area contributed by atoms with E-state index in [2.05, 4.69) is 5.32 Å². The number of esters is 1. The maximum atomic E-state index is 12.5. The largest absolute Gasteiger partial charge is 0.454 e. The molecule has 2 unspecified atom stereocenters. The van der Waals surface area contributed by atoms with Gasteiger partial charge in [-0.15, -0.1) is 0 Å². The summed E-state index contributed by atoms with van der Waals surface area (Å²) in [7, 11) is 0. The number of carbonyl (C=O) groups excluding carboxylic acids is 4. The minimum absolute atomic E-state index is 0.105. The van der Waals surface area contributed by atoms with Crippen LogP contribution < -0.4 is 5.32 Å². The Morgan fingerprint density at radius 1 is 1.03 bits per heavy atom. The Hall–Kier alpha value is -2.91. The van der Waals surface area contributed by atoms with E-state index in [-0.39, 0.29) is 29.3 Å². The van der Waals surface area contributed by atoms with Crippen LogP contribution in [0.5, 0.6) is 0 Å². The van der Waals surface area contributed by atoms with Crippen molar-refractivity contribution >= 4 is 29.4 Å². The molecule has 1 saturated carbocycles. The molecule has 1 aliphatic carbocycles. The first-order chi connectivity index (χ1) is 13.7. The van der Waals surface area contributed by atoms with E-state index in [1.54, 1.807) is 0 Å². The third-order valence-corrected chi connectivity index (χ3v) is 5.08. The van der Waals surface area contributed by atoms with E-state index in [1.165, 1.54) is 0 Å². The van der Waals surface area contributed by atoms with Crippen LogP contribution in [0.1, 0.15) is 31.2 Å². The highest BCUT2D eigenvalue weighted by Crippen LogP contribution is 2.37. The Kier molecular flexibility index (Phi) is 5.90. The van der Waals surface area contributed by atoms with Gasteiger partial charge in [-0.2, -0.15) is 13.2 Å². The topological polar surface area (TPSA) is 92.8 Å². The summed E-state index contributed by atoms with van der Waals surface area (Å²) < 4.78 is 42.3. The quantitative estimate of drug-likeness (QED) is 0.592. The molecule has 10 heteroatoms. The number of rotatable bonds is 5. The number of hydrogen-bond acceptors (Lipinski definition) is 5. The summed E-state index contributed by atoms with van der Waals surface area (Å²) in [6.45, 7) is -1.25. The molecular weight excluding hydrogens is 393 g/mol. The van der Waals surface area contributed by atoms with Crippen LogP contribution in [0.2, 0.25) is 0 Å². The van der Waals surface area contributed by atoms with Gasteiger partial charge in [-0.25, -0.2) is 0 Å². The Morgan fingerprint density at radius 3 is 2.10 bits per heavy atom. The summed E-state index contributed by atoms with van der Waals surface area (Å²) in [5, 5.41) is 2.30. The van der Waals surface area contributed by atoms with E-state index >= 15 is 0 Å². The number of alkyl halides is 3. The average molecular weight is 412 g/mol. The van der Waals surface area contributed by atoms with Crippen molar-refractivity contribution in [1.82, 2.24) is 4.90 Å². The number of benzene rings is 1. The second-order valence-electron chi connectivity index (χ2n) is 7.04. The standard InChI is InChI=1S/C19H19F3N2O5/c20-19(21,22)11-5-7-12(8-6-11)23-15(25)10-29-16(26)9-24-17(27)13-3-1-2-4-14(13)18(24)28/h5-8,13-14H,1-4,9-10H2,(H,23,25). The molecule has 2 fully saturated rings. The van der Waals surface area contributed by atoms with E-state index in [1.807, 2.05) is 0 Å². The Morgan fingerprint density at radius 2 is 1.59 bits per heavy atom. The Balaban J connectivity index is 1.47. The molecule has 3 rings (SSSR count). The van der Waals surface area contributed by atoms with Gasteiger partial charge >= 0.3 is 12.1 Å². The Labute approximate surface area is 164 Å². The van der Waals surface area contributed by atoms with Crippen molar-refractivity contribution in [1.29, 1.82) is 0 Å². The van der Waals surface area contributed by atoms with Crippen LogP contribution >= 0.6 is 0 Å². The monoisotopic (exact) mass is 412 g/mol. The highest BCUT2D eigenvalue weighted by atomic mass is 19.4. The second-order valence-corrected chi connectivity index (χ2v) is 7.04. The first-order valence-electron chi connectivity index (χ1n) is 9.15. The molecule has 1 saturated heterocycles.